The van der Waals surface area contributed by atoms with Crippen molar-refractivity contribution in [3.63, 3.8) is 0 Å². The standard InChI is InChI=1S/C11H15N5/c1-13-10(8-6-15-16(2)7-8)9-4-3-5-14-11(9)12/h3-7,10,13H,1-2H3,(H2,12,14). The number of pyridine rings is 1. The third kappa shape index (κ3) is 1.90. The first-order valence-electron chi connectivity index (χ1n) is 5.08. The average molecular weight is 217 g/mol. The lowest BCUT2D eigenvalue weighted by molar-refractivity contribution is 0.689. The van der Waals surface area contributed by atoms with Crippen molar-refractivity contribution in [1.29, 1.82) is 0 Å². The zero-order chi connectivity index (χ0) is 11.5. The molecule has 1 atom stereocenters. The number of rotatable bonds is 3. The van der Waals surface area contributed by atoms with Crippen molar-refractivity contribution < 1.29 is 0 Å². The van der Waals surface area contributed by atoms with E-state index in [2.05, 4.69) is 15.4 Å². The van der Waals surface area contributed by atoms with Crippen LogP contribution < -0.4 is 11.1 Å². The minimum atomic E-state index is 0.0300. The smallest absolute Gasteiger partial charge is 0.128 e. The van der Waals surface area contributed by atoms with Crippen molar-refractivity contribution in [3.05, 3.63) is 41.9 Å². The summed E-state index contributed by atoms with van der Waals surface area (Å²) < 4.78 is 1.77. The van der Waals surface area contributed by atoms with Gasteiger partial charge < -0.3 is 11.1 Å². The summed E-state index contributed by atoms with van der Waals surface area (Å²) in [7, 11) is 3.78. The Bertz CT molecular complexity index is 477. The Morgan fingerprint density at radius 1 is 1.50 bits per heavy atom. The van der Waals surface area contributed by atoms with Crippen molar-refractivity contribution in [3.8, 4) is 0 Å². The summed E-state index contributed by atoms with van der Waals surface area (Å²) in [4.78, 5) is 4.09. The van der Waals surface area contributed by atoms with E-state index in [4.69, 9.17) is 5.73 Å². The largest absolute Gasteiger partial charge is 0.383 e. The first kappa shape index (κ1) is 10.6. The third-order valence-electron chi connectivity index (χ3n) is 2.53. The highest BCUT2D eigenvalue weighted by atomic mass is 15.2. The fraction of sp³-hybridized carbons (Fsp3) is 0.273. The van der Waals surface area contributed by atoms with E-state index in [0.717, 1.165) is 11.1 Å². The lowest BCUT2D eigenvalue weighted by Crippen LogP contribution is -2.19. The summed E-state index contributed by atoms with van der Waals surface area (Å²) in [5.74, 6) is 0.547. The molecule has 2 heterocycles. The minimum absolute atomic E-state index is 0.0300. The summed E-state index contributed by atoms with van der Waals surface area (Å²) >= 11 is 0. The van der Waals surface area contributed by atoms with Crippen molar-refractivity contribution in [2.24, 2.45) is 7.05 Å². The summed E-state index contributed by atoms with van der Waals surface area (Å²) in [6.45, 7) is 0. The molecule has 5 heteroatoms. The summed E-state index contributed by atoms with van der Waals surface area (Å²) in [5.41, 5.74) is 7.91. The van der Waals surface area contributed by atoms with Crippen LogP contribution in [0.5, 0.6) is 0 Å². The molecule has 5 nitrogen and oxygen atoms in total. The van der Waals surface area contributed by atoms with Gasteiger partial charge in [-0.3, -0.25) is 4.68 Å². The van der Waals surface area contributed by atoms with Crippen molar-refractivity contribution in [2.45, 2.75) is 6.04 Å². The number of aromatic nitrogens is 3. The molecule has 0 saturated carbocycles. The highest BCUT2D eigenvalue weighted by Crippen LogP contribution is 2.24. The second kappa shape index (κ2) is 4.32. The van der Waals surface area contributed by atoms with Crippen LogP contribution >= 0.6 is 0 Å². The van der Waals surface area contributed by atoms with E-state index in [1.54, 1.807) is 10.9 Å². The number of anilines is 1. The Kier molecular flexibility index (Phi) is 2.87. The summed E-state index contributed by atoms with van der Waals surface area (Å²) in [5, 5.41) is 7.37. The number of hydrogen-bond donors (Lipinski definition) is 2. The van der Waals surface area contributed by atoms with E-state index in [0.29, 0.717) is 5.82 Å². The molecule has 0 aliphatic carbocycles. The second-order valence-electron chi connectivity index (χ2n) is 3.65. The zero-order valence-electron chi connectivity index (χ0n) is 9.38. The van der Waals surface area contributed by atoms with Crippen LogP contribution in [-0.4, -0.2) is 21.8 Å². The summed E-state index contributed by atoms with van der Waals surface area (Å²) in [6.07, 6.45) is 5.48. The number of nitrogens with zero attached hydrogens (tertiary/aromatic N) is 3. The highest BCUT2D eigenvalue weighted by molar-refractivity contribution is 5.44. The van der Waals surface area contributed by atoms with Crippen LogP contribution in [0.3, 0.4) is 0 Å². The Hall–Kier alpha value is -1.88. The van der Waals surface area contributed by atoms with Crippen molar-refractivity contribution in [1.82, 2.24) is 20.1 Å². The average Bonchev–Trinajstić information content (AvgIpc) is 2.69. The van der Waals surface area contributed by atoms with Crippen LogP contribution in [0.1, 0.15) is 17.2 Å². The number of nitrogens with two attached hydrogens (primary N) is 1. The molecule has 1 unspecified atom stereocenters. The topological polar surface area (TPSA) is 68.8 Å². The maximum Gasteiger partial charge on any atom is 0.128 e. The Balaban J connectivity index is 2.40. The number of nitrogens with one attached hydrogen (secondary N) is 1. The molecule has 0 amide bonds. The van der Waals surface area contributed by atoms with E-state index < -0.39 is 0 Å². The molecule has 0 aliphatic rings. The highest BCUT2D eigenvalue weighted by Gasteiger charge is 2.16. The molecule has 16 heavy (non-hydrogen) atoms. The molecule has 84 valence electrons. The molecule has 2 rings (SSSR count). The summed E-state index contributed by atoms with van der Waals surface area (Å²) in [6, 6.07) is 3.88. The van der Waals surface area contributed by atoms with Gasteiger partial charge in [-0.2, -0.15) is 5.10 Å². The van der Waals surface area contributed by atoms with E-state index in [-0.39, 0.29) is 6.04 Å². The quantitative estimate of drug-likeness (QED) is 0.794. The van der Waals surface area contributed by atoms with Gasteiger partial charge in [0.05, 0.1) is 12.2 Å². The van der Waals surface area contributed by atoms with Gasteiger partial charge in [-0.05, 0) is 13.1 Å². The van der Waals surface area contributed by atoms with Crippen LogP contribution in [0, 0.1) is 0 Å². The lowest BCUT2D eigenvalue weighted by atomic mass is 10.0. The molecule has 3 N–H and O–H groups in total. The van der Waals surface area contributed by atoms with E-state index in [9.17, 15) is 0 Å². The van der Waals surface area contributed by atoms with Gasteiger partial charge in [0, 0.05) is 30.6 Å². The van der Waals surface area contributed by atoms with Gasteiger partial charge in [-0.1, -0.05) is 6.07 Å². The predicted molar refractivity (Wildman–Crippen MR) is 62.8 cm³/mol. The maximum absolute atomic E-state index is 5.86. The predicted octanol–water partition coefficient (Wildman–Crippen LogP) is 0.706. The number of nitrogen functional groups attached to an aromatic ring is 1. The lowest BCUT2D eigenvalue weighted by Gasteiger charge is -2.16. The third-order valence-corrected chi connectivity index (χ3v) is 2.53. The van der Waals surface area contributed by atoms with Crippen LogP contribution in [-0.2, 0) is 7.05 Å². The first-order chi connectivity index (χ1) is 7.72. The fourth-order valence-corrected chi connectivity index (χ4v) is 1.76. The van der Waals surface area contributed by atoms with Gasteiger partial charge in [0.2, 0.25) is 0 Å². The van der Waals surface area contributed by atoms with E-state index in [1.807, 2.05) is 38.6 Å². The van der Waals surface area contributed by atoms with Gasteiger partial charge in [0.25, 0.3) is 0 Å². The molecule has 0 aliphatic heterocycles. The Morgan fingerprint density at radius 2 is 2.31 bits per heavy atom. The Morgan fingerprint density at radius 3 is 2.88 bits per heavy atom. The van der Waals surface area contributed by atoms with Crippen LogP contribution in [0.2, 0.25) is 0 Å². The maximum atomic E-state index is 5.86. The second-order valence-corrected chi connectivity index (χ2v) is 3.65. The van der Waals surface area contributed by atoms with Gasteiger partial charge in [0.15, 0.2) is 0 Å². The molecule has 0 bridgehead atoms. The van der Waals surface area contributed by atoms with Crippen molar-refractivity contribution >= 4 is 5.82 Å². The SMILES string of the molecule is CNC(c1cnn(C)c1)c1cccnc1N. The molecular formula is C11H15N5. The molecular weight excluding hydrogens is 202 g/mol. The number of hydrogen-bond acceptors (Lipinski definition) is 4. The fourth-order valence-electron chi connectivity index (χ4n) is 1.76. The molecule has 0 saturated heterocycles. The first-order valence-corrected chi connectivity index (χ1v) is 5.08. The normalized spacial score (nSPS) is 12.6. The minimum Gasteiger partial charge on any atom is -0.383 e. The van der Waals surface area contributed by atoms with Crippen LogP contribution in [0.4, 0.5) is 5.82 Å². The molecule has 2 aromatic heterocycles. The molecule has 0 fully saturated rings. The van der Waals surface area contributed by atoms with E-state index in [1.165, 1.54) is 0 Å². The van der Waals surface area contributed by atoms with Crippen LogP contribution in [0.15, 0.2) is 30.7 Å². The van der Waals surface area contributed by atoms with Crippen LogP contribution in [0.25, 0.3) is 0 Å². The van der Waals surface area contributed by atoms with Gasteiger partial charge in [0.1, 0.15) is 5.82 Å². The molecule has 0 radical (unpaired) electrons. The Labute approximate surface area is 94.3 Å². The van der Waals surface area contributed by atoms with Gasteiger partial charge >= 0.3 is 0 Å². The van der Waals surface area contributed by atoms with Gasteiger partial charge in [-0.25, -0.2) is 4.98 Å². The van der Waals surface area contributed by atoms with E-state index >= 15 is 0 Å². The number of aryl methyl sites for hydroxylation is 1. The van der Waals surface area contributed by atoms with Crippen molar-refractivity contribution in [2.75, 3.05) is 12.8 Å². The van der Waals surface area contributed by atoms with Gasteiger partial charge in [-0.15, -0.1) is 0 Å². The molecule has 2 aromatic rings. The zero-order valence-corrected chi connectivity index (χ0v) is 9.38. The molecule has 0 aromatic carbocycles. The monoisotopic (exact) mass is 217 g/mol. The molecule has 0 spiro atoms.